The van der Waals surface area contributed by atoms with E-state index < -0.39 is 0 Å². The molecule has 0 atom stereocenters. The number of rotatable bonds is 6. The van der Waals surface area contributed by atoms with Gasteiger partial charge < -0.3 is 5.32 Å². The van der Waals surface area contributed by atoms with Crippen LogP contribution in [0.2, 0.25) is 0 Å². The molecule has 1 heterocycles. The third-order valence-electron chi connectivity index (χ3n) is 4.76. The Balaban J connectivity index is 1.71. The Morgan fingerprint density at radius 1 is 1.04 bits per heavy atom. The van der Waals surface area contributed by atoms with Crippen LogP contribution in [0.15, 0.2) is 42.5 Å². The van der Waals surface area contributed by atoms with Crippen molar-refractivity contribution >= 4 is 11.6 Å². The maximum absolute atomic E-state index is 12.5. The van der Waals surface area contributed by atoms with E-state index in [9.17, 15) is 4.79 Å². The number of nitrogens with zero attached hydrogens (tertiary/aromatic N) is 4. The first-order valence-electron chi connectivity index (χ1n) is 9.62. The van der Waals surface area contributed by atoms with Gasteiger partial charge >= 0.3 is 0 Å². The quantitative estimate of drug-likeness (QED) is 0.685. The van der Waals surface area contributed by atoms with Crippen molar-refractivity contribution in [1.82, 2.24) is 20.2 Å². The first-order chi connectivity index (χ1) is 13.3. The van der Waals surface area contributed by atoms with E-state index in [1.54, 1.807) is 0 Å². The van der Waals surface area contributed by atoms with Gasteiger partial charge in [0.1, 0.15) is 6.54 Å². The summed E-state index contributed by atoms with van der Waals surface area (Å²) in [6.45, 7) is 10.5. The van der Waals surface area contributed by atoms with Crippen LogP contribution in [0.3, 0.4) is 0 Å². The number of hydrogen-bond acceptors (Lipinski definition) is 4. The van der Waals surface area contributed by atoms with Gasteiger partial charge in [-0.05, 0) is 40.7 Å². The summed E-state index contributed by atoms with van der Waals surface area (Å²) in [6, 6.07) is 14.2. The normalized spacial score (nSPS) is 11.2. The molecule has 0 bridgehead atoms. The van der Waals surface area contributed by atoms with Crippen LogP contribution in [-0.2, 0) is 11.3 Å². The predicted octanol–water partition coefficient (Wildman–Crippen LogP) is 4.53. The number of anilines is 1. The van der Waals surface area contributed by atoms with E-state index in [-0.39, 0.29) is 12.5 Å². The van der Waals surface area contributed by atoms with Crippen molar-refractivity contribution in [3.8, 4) is 11.4 Å². The van der Waals surface area contributed by atoms with Crippen LogP contribution in [0, 0.1) is 6.92 Å². The lowest BCUT2D eigenvalue weighted by Gasteiger charge is -2.16. The molecular weight excluding hydrogens is 350 g/mol. The predicted molar refractivity (Wildman–Crippen MR) is 111 cm³/mol. The number of amides is 1. The molecule has 3 rings (SSSR count). The Hall–Kier alpha value is -3.02. The second kappa shape index (κ2) is 8.33. The minimum absolute atomic E-state index is 0.0168. The van der Waals surface area contributed by atoms with Gasteiger partial charge in [-0.1, -0.05) is 70.2 Å². The van der Waals surface area contributed by atoms with Gasteiger partial charge in [-0.15, -0.1) is 10.2 Å². The average molecular weight is 377 g/mol. The molecule has 6 heteroatoms. The first-order valence-corrected chi connectivity index (χ1v) is 9.62. The van der Waals surface area contributed by atoms with E-state index in [2.05, 4.69) is 60.6 Å². The Kier molecular flexibility index (Phi) is 5.87. The van der Waals surface area contributed by atoms with Gasteiger partial charge in [0.05, 0.1) is 0 Å². The second-order valence-electron chi connectivity index (χ2n) is 7.66. The fourth-order valence-electron chi connectivity index (χ4n) is 3.09. The molecule has 2 aromatic carbocycles. The zero-order valence-corrected chi connectivity index (χ0v) is 17.1. The molecule has 3 aromatic rings. The Bertz CT molecular complexity index is 957. The summed E-state index contributed by atoms with van der Waals surface area (Å²) in [6.07, 6.45) is 0. The van der Waals surface area contributed by atoms with Gasteiger partial charge in [0.2, 0.25) is 11.7 Å². The number of aromatic nitrogens is 4. The van der Waals surface area contributed by atoms with Crippen LogP contribution in [0.4, 0.5) is 5.69 Å². The Morgan fingerprint density at radius 3 is 2.39 bits per heavy atom. The molecule has 1 amide bonds. The van der Waals surface area contributed by atoms with E-state index in [0.717, 1.165) is 22.4 Å². The lowest BCUT2D eigenvalue weighted by molar-refractivity contribution is -0.117. The largest absolute Gasteiger partial charge is 0.324 e. The van der Waals surface area contributed by atoms with Crippen molar-refractivity contribution in [2.24, 2.45) is 0 Å². The number of benzene rings is 2. The topological polar surface area (TPSA) is 72.7 Å². The highest BCUT2D eigenvalue weighted by Crippen LogP contribution is 2.27. The summed E-state index contributed by atoms with van der Waals surface area (Å²) in [4.78, 5) is 13.9. The first kappa shape index (κ1) is 19.7. The average Bonchev–Trinajstić information content (AvgIpc) is 3.11. The van der Waals surface area contributed by atoms with Crippen molar-refractivity contribution in [1.29, 1.82) is 0 Å². The number of nitrogens with one attached hydrogen (secondary N) is 1. The van der Waals surface area contributed by atoms with E-state index in [1.165, 1.54) is 10.4 Å². The maximum Gasteiger partial charge on any atom is 0.248 e. The summed E-state index contributed by atoms with van der Waals surface area (Å²) >= 11 is 0. The van der Waals surface area contributed by atoms with Gasteiger partial charge in [0, 0.05) is 11.3 Å². The van der Waals surface area contributed by atoms with Crippen LogP contribution < -0.4 is 5.32 Å². The van der Waals surface area contributed by atoms with Crippen LogP contribution in [0.5, 0.6) is 0 Å². The SMILES string of the molecule is Cc1cccc(C(C)C)c1NC(=O)Cn1nnc(-c2ccc(C(C)C)cc2)n1. The van der Waals surface area contributed by atoms with Crippen molar-refractivity contribution in [3.63, 3.8) is 0 Å². The molecule has 0 aliphatic rings. The molecule has 0 unspecified atom stereocenters. The van der Waals surface area contributed by atoms with E-state index >= 15 is 0 Å². The lowest BCUT2D eigenvalue weighted by Crippen LogP contribution is -2.22. The van der Waals surface area contributed by atoms with E-state index in [0.29, 0.717) is 17.7 Å². The Morgan fingerprint density at radius 2 is 1.75 bits per heavy atom. The minimum atomic E-state index is -0.171. The highest BCUT2D eigenvalue weighted by molar-refractivity contribution is 5.92. The van der Waals surface area contributed by atoms with Crippen molar-refractivity contribution < 1.29 is 4.79 Å². The summed E-state index contributed by atoms with van der Waals surface area (Å²) in [5.41, 5.74) is 5.17. The highest BCUT2D eigenvalue weighted by atomic mass is 16.2. The molecule has 1 aromatic heterocycles. The van der Waals surface area contributed by atoms with E-state index in [1.807, 2.05) is 37.3 Å². The molecule has 28 heavy (non-hydrogen) atoms. The maximum atomic E-state index is 12.5. The molecule has 0 aliphatic heterocycles. The molecule has 0 aliphatic carbocycles. The lowest BCUT2D eigenvalue weighted by atomic mass is 9.98. The number of hydrogen-bond donors (Lipinski definition) is 1. The molecule has 1 N–H and O–H groups in total. The van der Waals surface area contributed by atoms with E-state index in [4.69, 9.17) is 0 Å². The molecule has 0 saturated carbocycles. The second-order valence-corrected chi connectivity index (χ2v) is 7.66. The van der Waals surface area contributed by atoms with Gasteiger partial charge in [-0.3, -0.25) is 4.79 Å². The summed E-state index contributed by atoms with van der Waals surface area (Å²) < 4.78 is 0. The number of carbonyl (C=O) groups is 1. The number of tetrazole rings is 1. The molecule has 146 valence electrons. The smallest absolute Gasteiger partial charge is 0.248 e. The van der Waals surface area contributed by atoms with Crippen LogP contribution in [0.25, 0.3) is 11.4 Å². The number of para-hydroxylation sites is 1. The zero-order chi connectivity index (χ0) is 20.3. The van der Waals surface area contributed by atoms with Crippen molar-refractivity contribution in [3.05, 3.63) is 59.2 Å². The van der Waals surface area contributed by atoms with Crippen LogP contribution in [0.1, 0.15) is 56.2 Å². The van der Waals surface area contributed by atoms with Crippen molar-refractivity contribution in [2.45, 2.75) is 53.0 Å². The highest BCUT2D eigenvalue weighted by Gasteiger charge is 2.14. The zero-order valence-electron chi connectivity index (χ0n) is 17.1. The third kappa shape index (κ3) is 4.44. The molecule has 0 fully saturated rings. The van der Waals surface area contributed by atoms with Crippen LogP contribution in [-0.4, -0.2) is 26.1 Å². The third-order valence-corrected chi connectivity index (χ3v) is 4.76. The molecule has 6 nitrogen and oxygen atoms in total. The van der Waals surface area contributed by atoms with Crippen LogP contribution >= 0.6 is 0 Å². The van der Waals surface area contributed by atoms with Gasteiger partial charge in [0.25, 0.3) is 0 Å². The summed E-state index contributed by atoms with van der Waals surface area (Å²) in [5.74, 6) is 1.14. The Labute approximate surface area is 166 Å². The van der Waals surface area contributed by atoms with Gasteiger partial charge in [-0.25, -0.2) is 0 Å². The number of aryl methyl sites for hydroxylation is 1. The molecule has 0 radical (unpaired) electrons. The summed E-state index contributed by atoms with van der Waals surface area (Å²) in [5, 5.41) is 15.5. The molecule has 0 saturated heterocycles. The molecular formula is C22H27N5O. The fourth-order valence-corrected chi connectivity index (χ4v) is 3.09. The van der Waals surface area contributed by atoms with Gasteiger partial charge in [-0.2, -0.15) is 4.80 Å². The monoisotopic (exact) mass is 377 g/mol. The molecule has 0 spiro atoms. The summed E-state index contributed by atoms with van der Waals surface area (Å²) in [7, 11) is 0. The fraction of sp³-hybridized carbons (Fsp3) is 0.364. The van der Waals surface area contributed by atoms with Crippen molar-refractivity contribution in [2.75, 3.05) is 5.32 Å². The minimum Gasteiger partial charge on any atom is -0.324 e. The van der Waals surface area contributed by atoms with Gasteiger partial charge in [0.15, 0.2) is 0 Å². The number of carbonyl (C=O) groups excluding carboxylic acids is 1. The standard InChI is InChI=1S/C22H27N5O/c1-14(2)17-9-11-18(12-10-17)22-24-26-27(25-22)13-20(28)23-21-16(5)7-6-8-19(21)15(3)4/h6-12,14-15H,13H2,1-5H3,(H,23,28).